The fourth-order valence-electron chi connectivity index (χ4n) is 1.96. The smallest absolute Gasteiger partial charge is 0.125 e. The van der Waals surface area contributed by atoms with Crippen LogP contribution in [-0.4, -0.2) is 36.8 Å². The van der Waals surface area contributed by atoms with E-state index in [1.165, 1.54) is 5.56 Å². The Hall–Kier alpha value is -1.00. The molecule has 4 nitrogen and oxygen atoms in total. The lowest BCUT2D eigenvalue weighted by Gasteiger charge is -2.09. The number of nitrogens with zero attached hydrogens (tertiary/aromatic N) is 2. The fraction of sp³-hybridized carbons (Fsp3) is 0.692. The summed E-state index contributed by atoms with van der Waals surface area (Å²) in [5.41, 5.74) is 3.53. The van der Waals surface area contributed by atoms with Gasteiger partial charge in [-0.1, -0.05) is 0 Å². The van der Waals surface area contributed by atoms with Crippen molar-refractivity contribution in [2.75, 3.05) is 26.8 Å². The summed E-state index contributed by atoms with van der Waals surface area (Å²) < 4.78 is 4.98. The predicted molar refractivity (Wildman–Crippen MR) is 69.3 cm³/mol. The highest BCUT2D eigenvalue weighted by Gasteiger charge is 2.05. The molecule has 0 spiro atoms. The first kappa shape index (κ1) is 14.1. The second-order valence-corrected chi connectivity index (χ2v) is 4.27. The van der Waals surface area contributed by atoms with Gasteiger partial charge in [-0.05, 0) is 45.7 Å². The molecule has 1 aromatic heterocycles. The minimum atomic E-state index is 0.770. The SMILES string of the molecule is COCCNCCCc1c(C)nc(C)nc1C. The molecule has 1 N–H and O–H groups in total. The summed E-state index contributed by atoms with van der Waals surface area (Å²) in [4.78, 5) is 8.82. The zero-order chi connectivity index (χ0) is 12.7. The first-order chi connectivity index (χ1) is 8.15. The highest BCUT2D eigenvalue weighted by molar-refractivity contribution is 5.24. The van der Waals surface area contributed by atoms with Gasteiger partial charge in [-0.15, -0.1) is 0 Å². The van der Waals surface area contributed by atoms with Gasteiger partial charge in [0, 0.05) is 25.0 Å². The first-order valence-corrected chi connectivity index (χ1v) is 6.15. The molecule has 1 rings (SSSR count). The van der Waals surface area contributed by atoms with Crippen LogP contribution >= 0.6 is 0 Å². The molecule has 0 bridgehead atoms. The van der Waals surface area contributed by atoms with E-state index < -0.39 is 0 Å². The zero-order valence-electron chi connectivity index (χ0n) is 11.3. The number of aryl methyl sites for hydroxylation is 3. The van der Waals surface area contributed by atoms with E-state index in [2.05, 4.69) is 29.1 Å². The lowest BCUT2D eigenvalue weighted by atomic mass is 10.1. The molecule has 0 amide bonds. The first-order valence-electron chi connectivity index (χ1n) is 6.15. The topological polar surface area (TPSA) is 47.0 Å². The Bertz CT molecular complexity index is 330. The molecule has 4 heteroatoms. The number of hydrogen-bond donors (Lipinski definition) is 1. The monoisotopic (exact) mass is 237 g/mol. The van der Waals surface area contributed by atoms with Crippen LogP contribution in [-0.2, 0) is 11.2 Å². The van der Waals surface area contributed by atoms with Crippen molar-refractivity contribution in [1.29, 1.82) is 0 Å². The van der Waals surface area contributed by atoms with Crippen LogP contribution in [0.25, 0.3) is 0 Å². The molecule has 1 aromatic rings. The predicted octanol–water partition coefficient (Wildman–Crippen LogP) is 1.57. The minimum absolute atomic E-state index is 0.770. The summed E-state index contributed by atoms with van der Waals surface area (Å²) in [6, 6.07) is 0. The Morgan fingerprint density at radius 1 is 1.06 bits per heavy atom. The van der Waals surface area contributed by atoms with Gasteiger partial charge in [0.05, 0.1) is 6.61 Å². The van der Waals surface area contributed by atoms with Gasteiger partial charge in [-0.25, -0.2) is 9.97 Å². The number of ether oxygens (including phenoxy) is 1. The maximum Gasteiger partial charge on any atom is 0.125 e. The molecule has 0 unspecified atom stereocenters. The van der Waals surface area contributed by atoms with Gasteiger partial charge in [0.2, 0.25) is 0 Å². The lowest BCUT2D eigenvalue weighted by molar-refractivity contribution is 0.199. The van der Waals surface area contributed by atoms with Gasteiger partial charge in [0.15, 0.2) is 0 Å². The van der Waals surface area contributed by atoms with E-state index in [1.54, 1.807) is 7.11 Å². The summed E-state index contributed by atoms with van der Waals surface area (Å²) in [6.07, 6.45) is 2.15. The van der Waals surface area contributed by atoms with Crippen molar-refractivity contribution in [2.45, 2.75) is 33.6 Å². The van der Waals surface area contributed by atoms with Crippen LogP contribution in [0.3, 0.4) is 0 Å². The van der Waals surface area contributed by atoms with Crippen LogP contribution in [0.4, 0.5) is 0 Å². The van der Waals surface area contributed by atoms with Crippen molar-refractivity contribution in [3.8, 4) is 0 Å². The molecule has 96 valence electrons. The van der Waals surface area contributed by atoms with Gasteiger partial charge in [0.25, 0.3) is 0 Å². The van der Waals surface area contributed by atoms with E-state index in [0.717, 1.165) is 49.8 Å². The van der Waals surface area contributed by atoms with Crippen molar-refractivity contribution in [3.05, 3.63) is 22.8 Å². The minimum Gasteiger partial charge on any atom is -0.383 e. The largest absolute Gasteiger partial charge is 0.383 e. The Kier molecular flexibility index (Phi) is 6.08. The van der Waals surface area contributed by atoms with Gasteiger partial charge >= 0.3 is 0 Å². The zero-order valence-corrected chi connectivity index (χ0v) is 11.3. The summed E-state index contributed by atoms with van der Waals surface area (Å²) in [7, 11) is 1.72. The average Bonchev–Trinajstić information content (AvgIpc) is 2.26. The maximum atomic E-state index is 4.98. The molecular weight excluding hydrogens is 214 g/mol. The molecule has 1 heterocycles. The van der Waals surface area contributed by atoms with Crippen molar-refractivity contribution in [3.63, 3.8) is 0 Å². The highest BCUT2D eigenvalue weighted by Crippen LogP contribution is 2.11. The van der Waals surface area contributed by atoms with Crippen molar-refractivity contribution < 1.29 is 4.74 Å². The number of hydrogen-bond acceptors (Lipinski definition) is 4. The Morgan fingerprint density at radius 3 is 2.29 bits per heavy atom. The van der Waals surface area contributed by atoms with E-state index >= 15 is 0 Å². The van der Waals surface area contributed by atoms with Crippen LogP contribution in [0, 0.1) is 20.8 Å². The molecule has 0 saturated carbocycles. The Labute approximate surface area is 104 Å². The maximum absolute atomic E-state index is 4.98. The third-order valence-electron chi connectivity index (χ3n) is 2.80. The van der Waals surface area contributed by atoms with Crippen molar-refractivity contribution in [1.82, 2.24) is 15.3 Å². The second-order valence-electron chi connectivity index (χ2n) is 4.27. The summed E-state index contributed by atoms with van der Waals surface area (Å²) in [5, 5.41) is 3.34. The van der Waals surface area contributed by atoms with E-state index in [9.17, 15) is 0 Å². The van der Waals surface area contributed by atoms with E-state index in [1.807, 2.05) is 6.92 Å². The lowest BCUT2D eigenvalue weighted by Crippen LogP contribution is -2.21. The average molecular weight is 237 g/mol. The Morgan fingerprint density at radius 2 is 1.71 bits per heavy atom. The molecule has 17 heavy (non-hydrogen) atoms. The fourth-order valence-corrected chi connectivity index (χ4v) is 1.96. The number of nitrogens with one attached hydrogen (secondary N) is 1. The molecule has 0 aromatic carbocycles. The molecule has 0 saturated heterocycles. The highest BCUT2D eigenvalue weighted by atomic mass is 16.5. The number of aromatic nitrogens is 2. The van der Waals surface area contributed by atoms with Crippen LogP contribution in [0.15, 0.2) is 0 Å². The third kappa shape index (κ3) is 4.79. The summed E-state index contributed by atoms with van der Waals surface area (Å²) in [5.74, 6) is 0.863. The van der Waals surface area contributed by atoms with Gasteiger partial charge in [0.1, 0.15) is 5.82 Å². The quantitative estimate of drug-likeness (QED) is 0.731. The van der Waals surface area contributed by atoms with Crippen LogP contribution in [0.5, 0.6) is 0 Å². The van der Waals surface area contributed by atoms with Gasteiger partial charge in [-0.3, -0.25) is 0 Å². The number of methoxy groups -OCH3 is 1. The van der Waals surface area contributed by atoms with Crippen molar-refractivity contribution in [2.24, 2.45) is 0 Å². The van der Waals surface area contributed by atoms with Crippen LogP contribution < -0.4 is 5.32 Å². The molecule has 0 aliphatic heterocycles. The van der Waals surface area contributed by atoms with Gasteiger partial charge < -0.3 is 10.1 Å². The molecule has 0 aliphatic carbocycles. The molecule has 0 aliphatic rings. The summed E-state index contributed by atoms with van der Waals surface area (Å²) >= 11 is 0. The van der Waals surface area contributed by atoms with E-state index in [4.69, 9.17) is 4.74 Å². The van der Waals surface area contributed by atoms with Crippen LogP contribution in [0.2, 0.25) is 0 Å². The number of rotatable bonds is 7. The summed E-state index contributed by atoms with van der Waals surface area (Å²) in [6.45, 7) is 8.77. The normalized spacial score (nSPS) is 10.8. The van der Waals surface area contributed by atoms with E-state index in [0.29, 0.717) is 0 Å². The van der Waals surface area contributed by atoms with Gasteiger partial charge in [-0.2, -0.15) is 0 Å². The van der Waals surface area contributed by atoms with Crippen molar-refractivity contribution >= 4 is 0 Å². The molecule has 0 radical (unpaired) electrons. The molecular formula is C13H23N3O. The van der Waals surface area contributed by atoms with Crippen LogP contribution in [0.1, 0.15) is 29.2 Å². The standard InChI is InChI=1S/C13H23N3O/c1-10-13(11(2)16-12(3)15-10)6-5-7-14-8-9-17-4/h14H,5-9H2,1-4H3. The Balaban J connectivity index is 2.36. The second kappa shape index (κ2) is 7.35. The molecule has 0 atom stereocenters. The third-order valence-corrected chi connectivity index (χ3v) is 2.80. The van der Waals surface area contributed by atoms with E-state index in [-0.39, 0.29) is 0 Å². The molecule has 0 fully saturated rings.